The highest BCUT2D eigenvalue weighted by Crippen LogP contribution is 2.29. The lowest BCUT2D eigenvalue weighted by Crippen LogP contribution is -2.16. The SMILES string of the molecule is Cc1nn(C2CCS(=O)(=O)C2)c(C)c1CC(=O)Nc1nc2c(C)cccc2s1. The van der Waals surface area contributed by atoms with Gasteiger partial charge in [-0.05, 0) is 38.8 Å². The molecule has 4 rings (SSSR count). The molecule has 0 saturated carbocycles. The second kappa shape index (κ2) is 6.97. The van der Waals surface area contributed by atoms with Crippen molar-refractivity contribution in [3.63, 3.8) is 0 Å². The lowest BCUT2D eigenvalue weighted by Gasteiger charge is -2.11. The second-order valence-corrected chi connectivity index (χ2v) is 10.6. The highest BCUT2D eigenvalue weighted by atomic mass is 32.2. The van der Waals surface area contributed by atoms with E-state index >= 15 is 0 Å². The van der Waals surface area contributed by atoms with Gasteiger partial charge < -0.3 is 5.32 Å². The van der Waals surface area contributed by atoms with Crippen LogP contribution in [0.5, 0.6) is 0 Å². The van der Waals surface area contributed by atoms with E-state index in [9.17, 15) is 13.2 Å². The Bertz CT molecular complexity index is 1180. The van der Waals surface area contributed by atoms with Crippen molar-refractivity contribution < 1.29 is 13.2 Å². The van der Waals surface area contributed by atoms with Crippen molar-refractivity contribution in [2.24, 2.45) is 0 Å². The van der Waals surface area contributed by atoms with E-state index in [1.165, 1.54) is 11.3 Å². The van der Waals surface area contributed by atoms with Crippen LogP contribution >= 0.6 is 11.3 Å². The number of rotatable bonds is 4. The number of amides is 1. The summed E-state index contributed by atoms with van der Waals surface area (Å²) in [5.74, 6) is 0.163. The maximum absolute atomic E-state index is 12.6. The van der Waals surface area contributed by atoms with Crippen molar-refractivity contribution in [3.05, 3.63) is 40.7 Å². The molecule has 148 valence electrons. The summed E-state index contributed by atoms with van der Waals surface area (Å²) in [6.45, 7) is 5.75. The van der Waals surface area contributed by atoms with Crippen LogP contribution in [0.2, 0.25) is 0 Å². The number of benzene rings is 1. The van der Waals surface area contributed by atoms with Crippen molar-refractivity contribution in [1.29, 1.82) is 0 Å². The Kier molecular flexibility index (Phi) is 4.75. The predicted molar refractivity (Wildman–Crippen MR) is 111 cm³/mol. The first-order valence-electron chi connectivity index (χ1n) is 9.14. The molecule has 1 N–H and O–H groups in total. The molecule has 9 heteroatoms. The third-order valence-corrected chi connectivity index (χ3v) is 7.92. The van der Waals surface area contributed by atoms with Crippen molar-refractivity contribution in [3.8, 4) is 0 Å². The van der Waals surface area contributed by atoms with Crippen molar-refractivity contribution >= 4 is 42.4 Å². The van der Waals surface area contributed by atoms with Gasteiger partial charge in [-0.2, -0.15) is 5.10 Å². The number of hydrogen-bond acceptors (Lipinski definition) is 6. The number of fused-ring (bicyclic) bond motifs is 1. The van der Waals surface area contributed by atoms with E-state index in [1.807, 2.05) is 39.0 Å². The van der Waals surface area contributed by atoms with Gasteiger partial charge in [-0.1, -0.05) is 23.5 Å². The molecule has 0 bridgehead atoms. The topological polar surface area (TPSA) is 94.0 Å². The quantitative estimate of drug-likeness (QED) is 0.703. The second-order valence-electron chi connectivity index (χ2n) is 7.32. The van der Waals surface area contributed by atoms with E-state index in [0.717, 1.165) is 32.7 Å². The normalized spacial score (nSPS) is 18.6. The van der Waals surface area contributed by atoms with Crippen LogP contribution in [0.15, 0.2) is 18.2 Å². The maximum Gasteiger partial charge on any atom is 0.230 e. The predicted octanol–water partition coefficient (Wildman–Crippen LogP) is 2.96. The first kappa shape index (κ1) is 19.1. The van der Waals surface area contributed by atoms with Crippen LogP contribution in [0.1, 0.15) is 35.0 Å². The van der Waals surface area contributed by atoms with Crippen LogP contribution in [-0.4, -0.2) is 40.6 Å². The van der Waals surface area contributed by atoms with Gasteiger partial charge in [0.15, 0.2) is 15.0 Å². The van der Waals surface area contributed by atoms with Gasteiger partial charge in [0.1, 0.15) is 0 Å². The Balaban J connectivity index is 1.52. The summed E-state index contributed by atoms with van der Waals surface area (Å²) in [6.07, 6.45) is 0.757. The van der Waals surface area contributed by atoms with Gasteiger partial charge in [0.25, 0.3) is 0 Å². The standard InChI is InChI=1S/C19H22N4O3S2/c1-11-5-4-6-16-18(11)21-19(27-16)20-17(24)9-15-12(2)22-23(13(15)3)14-7-8-28(25,26)10-14/h4-6,14H,7-10H2,1-3H3,(H,20,21,24). The molecule has 3 aromatic rings. The third-order valence-electron chi connectivity index (χ3n) is 5.23. The molecule has 0 radical (unpaired) electrons. The van der Waals surface area contributed by atoms with E-state index < -0.39 is 9.84 Å². The van der Waals surface area contributed by atoms with Crippen molar-refractivity contribution in [1.82, 2.24) is 14.8 Å². The summed E-state index contributed by atoms with van der Waals surface area (Å²) in [5, 5.41) is 7.99. The molecule has 1 amide bonds. The molecule has 1 aliphatic rings. The Hall–Kier alpha value is -2.26. The van der Waals surface area contributed by atoms with Gasteiger partial charge >= 0.3 is 0 Å². The van der Waals surface area contributed by atoms with E-state index in [2.05, 4.69) is 15.4 Å². The Morgan fingerprint density at radius 1 is 1.32 bits per heavy atom. The fraction of sp³-hybridized carbons (Fsp3) is 0.421. The molecule has 7 nitrogen and oxygen atoms in total. The number of aromatic nitrogens is 3. The lowest BCUT2D eigenvalue weighted by atomic mass is 10.1. The molecule has 0 aliphatic carbocycles. The van der Waals surface area contributed by atoms with E-state index in [-0.39, 0.29) is 29.9 Å². The molecule has 2 aromatic heterocycles. The number of nitrogens with one attached hydrogen (secondary N) is 1. The van der Waals surface area contributed by atoms with Crippen LogP contribution in [0.4, 0.5) is 5.13 Å². The average Bonchev–Trinajstić information content (AvgIpc) is 3.27. The van der Waals surface area contributed by atoms with Gasteiger partial charge in [-0.15, -0.1) is 0 Å². The fourth-order valence-electron chi connectivity index (χ4n) is 3.74. The number of nitrogens with zero attached hydrogens (tertiary/aromatic N) is 3. The van der Waals surface area contributed by atoms with Gasteiger partial charge in [0, 0.05) is 11.3 Å². The zero-order valence-corrected chi connectivity index (χ0v) is 17.7. The summed E-state index contributed by atoms with van der Waals surface area (Å²) >= 11 is 1.45. The van der Waals surface area contributed by atoms with E-state index in [0.29, 0.717) is 11.6 Å². The van der Waals surface area contributed by atoms with Gasteiger partial charge in [0.05, 0.1) is 39.9 Å². The van der Waals surface area contributed by atoms with Crippen molar-refractivity contribution in [2.45, 2.75) is 39.7 Å². The van der Waals surface area contributed by atoms with E-state index in [4.69, 9.17) is 0 Å². The number of thiazole rings is 1. The number of anilines is 1. The van der Waals surface area contributed by atoms with Crippen LogP contribution in [-0.2, 0) is 21.1 Å². The summed E-state index contributed by atoms with van der Waals surface area (Å²) in [6, 6.07) is 5.82. The minimum Gasteiger partial charge on any atom is -0.302 e. The molecule has 1 unspecified atom stereocenters. The number of aryl methyl sites for hydroxylation is 2. The smallest absolute Gasteiger partial charge is 0.230 e. The molecule has 3 heterocycles. The number of sulfone groups is 1. The molecule has 1 fully saturated rings. The molecule has 1 atom stereocenters. The minimum atomic E-state index is -2.99. The van der Waals surface area contributed by atoms with Crippen LogP contribution in [0, 0.1) is 20.8 Å². The van der Waals surface area contributed by atoms with Gasteiger partial charge in [-0.25, -0.2) is 13.4 Å². The van der Waals surface area contributed by atoms with Crippen LogP contribution in [0.25, 0.3) is 10.2 Å². The molecule has 1 aliphatic heterocycles. The average molecular weight is 419 g/mol. The summed E-state index contributed by atoms with van der Waals surface area (Å²) in [4.78, 5) is 17.1. The Morgan fingerprint density at radius 2 is 2.11 bits per heavy atom. The fourth-order valence-corrected chi connectivity index (χ4v) is 6.39. The minimum absolute atomic E-state index is 0.117. The zero-order chi connectivity index (χ0) is 20.1. The number of carbonyl (C=O) groups excluding carboxylic acids is 1. The van der Waals surface area contributed by atoms with Gasteiger partial charge in [-0.3, -0.25) is 9.48 Å². The first-order valence-corrected chi connectivity index (χ1v) is 11.8. The number of hydrogen-bond donors (Lipinski definition) is 1. The summed E-state index contributed by atoms with van der Waals surface area (Å²) in [7, 11) is -2.99. The van der Waals surface area contributed by atoms with Gasteiger partial charge in [0.2, 0.25) is 5.91 Å². The van der Waals surface area contributed by atoms with Crippen LogP contribution in [0.3, 0.4) is 0 Å². The Morgan fingerprint density at radius 3 is 2.79 bits per heavy atom. The molecular weight excluding hydrogens is 396 g/mol. The first-order chi connectivity index (χ1) is 13.2. The molecule has 1 saturated heterocycles. The number of carbonyl (C=O) groups is 1. The van der Waals surface area contributed by atoms with Crippen LogP contribution < -0.4 is 5.32 Å². The molecule has 0 spiro atoms. The monoisotopic (exact) mass is 418 g/mol. The lowest BCUT2D eigenvalue weighted by molar-refractivity contribution is -0.115. The Labute approximate surface area is 167 Å². The number of para-hydroxylation sites is 1. The highest BCUT2D eigenvalue weighted by Gasteiger charge is 2.31. The maximum atomic E-state index is 12.6. The third kappa shape index (κ3) is 3.56. The molecule has 28 heavy (non-hydrogen) atoms. The summed E-state index contributed by atoms with van der Waals surface area (Å²) < 4.78 is 26.4. The largest absolute Gasteiger partial charge is 0.302 e. The van der Waals surface area contributed by atoms with Crippen molar-refractivity contribution in [2.75, 3.05) is 16.8 Å². The molecular formula is C19H22N4O3S2. The summed E-state index contributed by atoms with van der Waals surface area (Å²) in [5.41, 5.74) is 4.45. The highest BCUT2D eigenvalue weighted by molar-refractivity contribution is 7.91. The zero-order valence-electron chi connectivity index (χ0n) is 16.0. The van der Waals surface area contributed by atoms with E-state index in [1.54, 1.807) is 4.68 Å². The molecule has 1 aromatic carbocycles.